The number of hydrogen-bond donors (Lipinski definition) is 2. The van der Waals surface area contributed by atoms with Gasteiger partial charge in [-0.1, -0.05) is 67.7 Å². The Kier molecular flexibility index (Phi) is 18.6. The summed E-state index contributed by atoms with van der Waals surface area (Å²) in [5.74, 6) is 0.229. The van der Waals surface area contributed by atoms with E-state index >= 15 is 0 Å². The predicted octanol–water partition coefficient (Wildman–Crippen LogP) is 6.67. The molecule has 0 aliphatic heterocycles. The second kappa shape index (κ2) is 22.2. The lowest BCUT2D eigenvalue weighted by Crippen LogP contribution is -2.27. The Morgan fingerprint density at radius 1 is 1.00 bits per heavy atom. The van der Waals surface area contributed by atoms with Gasteiger partial charge in [-0.15, -0.1) is 0 Å². The zero-order chi connectivity index (χ0) is 31.9. The van der Waals surface area contributed by atoms with Crippen LogP contribution in [-0.4, -0.2) is 58.1 Å². The molecule has 0 aliphatic rings. The third-order valence-corrected chi connectivity index (χ3v) is 7.92. The largest absolute Gasteiger partial charge is 0.382 e. The number of nitrogen functional groups attached to an aromatic ring is 1. The summed E-state index contributed by atoms with van der Waals surface area (Å²) in [4.78, 5) is 24.5. The van der Waals surface area contributed by atoms with Gasteiger partial charge in [-0.2, -0.15) is 0 Å². The number of nitrogens with zero attached hydrogens (tertiary/aromatic N) is 4. The lowest BCUT2D eigenvalue weighted by Gasteiger charge is -2.20. The lowest BCUT2D eigenvalue weighted by atomic mass is 10.2. The SMILES string of the molecule is CCC=CCC=CCC=CCC=CCC=CCCCC(=O)NCCOP(=O)(COC(C)Cn1cnc2c(N)ncnc21)OC. The van der Waals surface area contributed by atoms with Crippen molar-refractivity contribution in [1.29, 1.82) is 0 Å². The molecule has 0 bridgehead atoms. The minimum Gasteiger partial charge on any atom is -0.382 e. The van der Waals surface area contributed by atoms with Crippen LogP contribution in [0, 0.1) is 0 Å². The molecule has 0 aromatic carbocycles. The van der Waals surface area contributed by atoms with Crippen LogP contribution in [0.4, 0.5) is 5.82 Å². The maximum Gasteiger partial charge on any atom is 0.355 e. The van der Waals surface area contributed by atoms with Crippen molar-refractivity contribution in [2.45, 2.75) is 77.9 Å². The normalized spacial score (nSPS) is 14.6. The Labute approximate surface area is 261 Å². The molecule has 2 rings (SSSR count). The van der Waals surface area contributed by atoms with E-state index in [0.717, 1.165) is 44.9 Å². The van der Waals surface area contributed by atoms with Crippen LogP contribution in [0.5, 0.6) is 0 Å². The first-order valence-corrected chi connectivity index (χ1v) is 16.9. The molecule has 2 atom stereocenters. The minimum atomic E-state index is -3.48. The second-order valence-corrected chi connectivity index (χ2v) is 12.1. The molecule has 0 radical (unpaired) electrons. The Hall–Kier alpha value is -3.37. The molecule has 2 heterocycles. The van der Waals surface area contributed by atoms with Gasteiger partial charge in [0.25, 0.3) is 0 Å². The molecule has 3 N–H and O–H groups in total. The Bertz CT molecular complexity index is 1300. The molecule has 12 heteroatoms. The van der Waals surface area contributed by atoms with Crippen molar-refractivity contribution in [1.82, 2.24) is 24.8 Å². The van der Waals surface area contributed by atoms with E-state index < -0.39 is 7.60 Å². The molecule has 2 unspecified atom stereocenters. The third-order valence-electron chi connectivity index (χ3n) is 6.32. The van der Waals surface area contributed by atoms with E-state index in [2.05, 4.69) is 88.0 Å². The molecular formula is C32H49N6O5P. The molecule has 0 spiro atoms. The van der Waals surface area contributed by atoms with Crippen molar-refractivity contribution in [2.24, 2.45) is 0 Å². The van der Waals surface area contributed by atoms with Gasteiger partial charge in [0.15, 0.2) is 11.5 Å². The molecule has 0 saturated carbocycles. The summed E-state index contributed by atoms with van der Waals surface area (Å²) >= 11 is 0. The molecule has 44 heavy (non-hydrogen) atoms. The Morgan fingerprint density at radius 2 is 1.64 bits per heavy atom. The highest BCUT2D eigenvalue weighted by molar-refractivity contribution is 7.53. The molecule has 11 nitrogen and oxygen atoms in total. The quantitative estimate of drug-likeness (QED) is 0.0784. The van der Waals surface area contributed by atoms with E-state index in [1.807, 2.05) is 6.92 Å². The number of nitrogens with one attached hydrogen (secondary N) is 1. The topological polar surface area (TPSA) is 143 Å². The number of carbonyl (C=O) groups is 1. The first kappa shape index (κ1) is 36.8. The van der Waals surface area contributed by atoms with Crippen molar-refractivity contribution in [3.63, 3.8) is 0 Å². The van der Waals surface area contributed by atoms with E-state index in [-0.39, 0.29) is 31.5 Å². The maximum absolute atomic E-state index is 12.9. The van der Waals surface area contributed by atoms with Crippen molar-refractivity contribution >= 4 is 30.5 Å². The fourth-order valence-electron chi connectivity index (χ4n) is 3.94. The standard InChI is InChI=1S/C32H49N6O5P/c1-4-5-6-7-8-9-10-11-12-13-14-15-16-17-18-19-20-21-29(39)34-22-23-43-44(40,41-3)27-42-28(2)24-38-26-37-30-31(33)35-25-36-32(30)38/h5-6,8-9,11-12,14-15,17-18,25-26,28H,4,7,10,13,16,19-24,27H2,1-3H3,(H,34,39)(H2,33,35,36). The number of ether oxygens (including phenoxy) is 1. The number of anilines is 1. The minimum absolute atomic E-state index is 0.0473. The van der Waals surface area contributed by atoms with Gasteiger partial charge in [0.1, 0.15) is 18.2 Å². The third kappa shape index (κ3) is 15.4. The first-order chi connectivity index (χ1) is 21.4. The van der Waals surface area contributed by atoms with Gasteiger partial charge in [-0.3, -0.25) is 9.36 Å². The van der Waals surface area contributed by atoms with Gasteiger partial charge in [0.2, 0.25) is 5.91 Å². The van der Waals surface area contributed by atoms with Crippen LogP contribution in [-0.2, 0) is 29.7 Å². The van der Waals surface area contributed by atoms with Crippen LogP contribution in [0.3, 0.4) is 0 Å². The number of allylic oxidation sites excluding steroid dienone is 10. The number of imidazole rings is 1. The number of unbranched alkanes of at least 4 members (excludes halogenated alkanes) is 1. The molecular weight excluding hydrogens is 579 g/mol. The predicted molar refractivity (Wildman–Crippen MR) is 177 cm³/mol. The number of amides is 1. The Balaban J connectivity index is 1.51. The van der Waals surface area contributed by atoms with Crippen LogP contribution in [0.25, 0.3) is 11.2 Å². The van der Waals surface area contributed by atoms with E-state index in [1.54, 1.807) is 10.9 Å². The van der Waals surface area contributed by atoms with E-state index in [0.29, 0.717) is 29.9 Å². The zero-order valence-electron chi connectivity index (χ0n) is 26.3. The zero-order valence-corrected chi connectivity index (χ0v) is 27.2. The molecule has 0 fully saturated rings. The molecule has 2 aromatic heterocycles. The second-order valence-electron chi connectivity index (χ2n) is 10.0. The average Bonchev–Trinajstić information content (AvgIpc) is 3.43. The van der Waals surface area contributed by atoms with Crippen LogP contribution >= 0.6 is 7.60 Å². The summed E-state index contributed by atoms with van der Waals surface area (Å²) in [6.45, 7) is 4.65. The number of rotatable bonds is 23. The van der Waals surface area contributed by atoms with Crippen molar-refractivity contribution < 1.29 is 23.1 Å². The molecule has 0 saturated heterocycles. The lowest BCUT2D eigenvalue weighted by molar-refractivity contribution is -0.121. The summed E-state index contributed by atoms with van der Waals surface area (Å²) < 4.78 is 30.9. The van der Waals surface area contributed by atoms with Gasteiger partial charge in [0, 0.05) is 20.1 Å². The summed E-state index contributed by atoms with van der Waals surface area (Å²) in [7, 11) is -2.17. The summed E-state index contributed by atoms with van der Waals surface area (Å²) in [5.41, 5.74) is 6.93. The number of hydrogen-bond acceptors (Lipinski definition) is 9. The van der Waals surface area contributed by atoms with Gasteiger partial charge >= 0.3 is 7.60 Å². The number of carbonyl (C=O) groups excluding carboxylic acids is 1. The van der Waals surface area contributed by atoms with Crippen LogP contribution in [0.1, 0.15) is 65.2 Å². The first-order valence-electron chi connectivity index (χ1n) is 15.2. The summed E-state index contributed by atoms with van der Waals surface area (Å²) in [5, 5.41) is 2.79. The highest BCUT2D eigenvalue weighted by Crippen LogP contribution is 2.47. The van der Waals surface area contributed by atoms with Gasteiger partial charge in [-0.05, 0) is 51.9 Å². The smallest absolute Gasteiger partial charge is 0.355 e. The number of fused-ring (bicyclic) bond motifs is 1. The van der Waals surface area contributed by atoms with Gasteiger partial charge in [0.05, 0.1) is 25.6 Å². The van der Waals surface area contributed by atoms with Gasteiger partial charge in [-0.25, -0.2) is 15.0 Å². The van der Waals surface area contributed by atoms with Crippen molar-refractivity contribution in [3.8, 4) is 0 Å². The monoisotopic (exact) mass is 628 g/mol. The molecule has 0 aliphatic carbocycles. The molecule has 1 amide bonds. The number of nitrogens with two attached hydrogens (primary N) is 1. The fourth-order valence-corrected chi connectivity index (χ4v) is 5.03. The Morgan fingerprint density at radius 3 is 2.27 bits per heavy atom. The summed E-state index contributed by atoms with van der Waals surface area (Å²) in [6, 6.07) is 0. The van der Waals surface area contributed by atoms with Crippen LogP contribution < -0.4 is 11.1 Å². The fraction of sp³-hybridized carbons (Fsp3) is 0.500. The van der Waals surface area contributed by atoms with Crippen molar-refractivity contribution in [3.05, 3.63) is 73.4 Å². The van der Waals surface area contributed by atoms with E-state index in [1.165, 1.54) is 13.4 Å². The van der Waals surface area contributed by atoms with Crippen LogP contribution in [0.2, 0.25) is 0 Å². The van der Waals surface area contributed by atoms with E-state index in [9.17, 15) is 9.36 Å². The molecule has 242 valence electrons. The van der Waals surface area contributed by atoms with Crippen LogP contribution in [0.15, 0.2) is 73.4 Å². The maximum atomic E-state index is 12.9. The highest BCUT2D eigenvalue weighted by atomic mass is 31.2. The number of aromatic nitrogens is 4. The van der Waals surface area contributed by atoms with Gasteiger partial charge < -0.3 is 29.4 Å². The average molecular weight is 629 g/mol. The van der Waals surface area contributed by atoms with Crippen molar-refractivity contribution in [2.75, 3.05) is 32.3 Å². The highest BCUT2D eigenvalue weighted by Gasteiger charge is 2.25. The molecule has 2 aromatic rings. The van der Waals surface area contributed by atoms with E-state index in [4.69, 9.17) is 19.5 Å². The summed E-state index contributed by atoms with van der Waals surface area (Å²) in [6.07, 6.45) is 30.9.